The van der Waals surface area contributed by atoms with Crippen LogP contribution in [0.15, 0.2) is 48.5 Å². The molecule has 8 nitrogen and oxygen atoms in total. The predicted octanol–water partition coefficient (Wildman–Crippen LogP) is 3.13. The summed E-state index contributed by atoms with van der Waals surface area (Å²) in [4.78, 5) is 40.2. The zero-order chi connectivity index (χ0) is 27.0. The first-order valence-electron chi connectivity index (χ1n) is 11.8. The number of rotatable bonds is 9. The number of hydrogen-bond acceptors (Lipinski definition) is 5. The maximum atomic E-state index is 13.0. The highest BCUT2D eigenvalue weighted by Crippen LogP contribution is 2.29. The number of carbonyl (C=O) groups is 3. The number of piperidine rings is 1. The molecule has 0 aromatic heterocycles. The van der Waals surface area contributed by atoms with Gasteiger partial charge in [-0.25, -0.2) is 0 Å². The number of likely N-dealkylation sites (tertiary alicyclic amines) is 1. The van der Waals surface area contributed by atoms with Gasteiger partial charge in [0.25, 0.3) is 11.8 Å². The molecule has 1 atom stereocenters. The zero-order valence-electron chi connectivity index (χ0n) is 20.6. The fraction of sp³-hybridized carbons (Fsp3) is 0.423. The second kappa shape index (κ2) is 12.6. The molecule has 3 rings (SSSR count). The Morgan fingerprint density at radius 1 is 0.973 bits per heavy atom. The molecule has 1 saturated heterocycles. The highest BCUT2D eigenvalue weighted by atomic mass is 19.4. The van der Waals surface area contributed by atoms with Gasteiger partial charge in [0.1, 0.15) is 11.8 Å². The van der Waals surface area contributed by atoms with E-state index in [1.54, 1.807) is 29.2 Å². The van der Waals surface area contributed by atoms with Crippen molar-refractivity contribution >= 4 is 17.7 Å². The molecule has 2 N–H and O–H groups in total. The Morgan fingerprint density at radius 3 is 2.11 bits per heavy atom. The van der Waals surface area contributed by atoms with Crippen molar-refractivity contribution < 1.29 is 37.0 Å². The summed E-state index contributed by atoms with van der Waals surface area (Å²) >= 11 is 0. The van der Waals surface area contributed by atoms with Crippen LogP contribution >= 0.6 is 0 Å². The van der Waals surface area contributed by atoms with Gasteiger partial charge in [-0.15, -0.1) is 0 Å². The Morgan fingerprint density at radius 2 is 1.57 bits per heavy atom. The standard InChI is InChI=1S/C26H30F3N3O5/c1-36-16-13-30-24(34)22(31-23(33)18-5-9-21(37-2)10-6-18)17-11-14-32(15-12-17)25(35)19-3-7-20(8-4-19)26(27,28)29/h3-10,17,22H,11-16H2,1-2H3,(H,30,34)(H,31,33)/t22-/m1/s1. The second-order valence-electron chi connectivity index (χ2n) is 8.67. The van der Waals surface area contributed by atoms with Gasteiger partial charge < -0.3 is 25.0 Å². The molecule has 1 aliphatic rings. The summed E-state index contributed by atoms with van der Waals surface area (Å²) in [6.07, 6.45) is -3.62. The normalized spacial score (nSPS) is 15.1. The number of alkyl halides is 3. The van der Waals surface area contributed by atoms with E-state index >= 15 is 0 Å². The number of benzene rings is 2. The van der Waals surface area contributed by atoms with Gasteiger partial charge in [0.2, 0.25) is 5.91 Å². The summed E-state index contributed by atoms with van der Waals surface area (Å²) < 4.78 is 48.5. The number of ether oxygens (including phenoxy) is 2. The largest absolute Gasteiger partial charge is 0.497 e. The van der Waals surface area contributed by atoms with Gasteiger partial charge in [-0.2, -0.15) is 13.2 Å². The fourth-order valence-electron chi connectivity index (χ4n) is 4.17. The molecule has 2 aromatic carbocycles. The lowest BCUT2D eigenvalue weighted by Gasteiger charge is -2.36. The smallest absolute Gasteiger partial charge is 0.416 e. The lowest BCUT2D eigenvalue weighted by molar-refractivity contribution is -0.137. The van der Waals surface area contributed by atoms with Crippen molar-refractivity contribution in [1.82, 2.24) is 15.5 Å². The molecule has 0 bridgehead atoms. The lowest BCUT2D eigenvalue weighted by Crippen LogP contribution is -2.54. The SMILES string of the molecule is COCCNC(=O)[C@H](NC(=O)c1ccc(OC)cc1)C1CCN(C(=O)c2ccc(C(F)(F)F)cc2)CC1. The average molecular weight is 522 g/mol. The van der Waals surface area contributed by atoms with E-state index in [9.17, 15) is 27.6 Å². The van der Waals surface area contributed by atoms with Gasteiger partial charge in [0, 0.05) is 37.9 Å². The third-order valence-electron chi connectivity index (χ3n) is 6.28. The van der Waals surface area contributed by atoms with Gasteiger partial charge in [-0.1, -0.05) is 0 Å². The van der Waals surface area contributed by atoms with Crippen LogP contribution < -0.4 is 15.4 Å². The maximum absolute atomic E-state index is 13.0. The highest BCUT2D eigenvalue weighted by molar-refractivity contribution is 5.98. The molecule has 37 heavy (non-hydrogen) atoms. The molecule has 1 heterocycles. The summed E-state index contributed by atoms with van der Waals surface area (Å²) in [5, 5.41) is 5.58. The van der Waals surface area contributed by atoms with Crippen LogP contribution in [0, 0.1) is 5.92 Å². The minimum Gasteiger partial charge on any atom is -0.497 e. The Hall–Kier alpha value is -3.60. The van der Waals surface area contributed by atoms with E-state index in [2.05, 4.69) is 10.6 Å². The van der Waals surface area contributed by atoms with Crippen LogP contribution in [0.1, 0.15) is 39.1 Å². The van der Waals surface area contributed by atoms with Gasteiger partial charge >= 0.3 is 6.18 Å². The van der Waals surface area contributed by atoms with E-state index in [1.807, 2.05) is 0 Å². The van der Waals surface area contributed by atoms with E-state index in [4.69, 9.17) is 9.47 Å². The van der Waals surface area contributed by atoms with E-state index in [-0.39, 0.29) is 29.8 Å². The molecular weight excluding hydrogens is 491 g/mol. The topological polar surface area (TPSA) is 97.0 Å². The van der Waals surface area contributed by atoms with Crippen molar-refractivity contribution in [3.8, 4) is 5.75 Å². The third-order valence-corrected chi connectivity index (χ3v) is 6.28. The van der Waals surface area contributed by atoms with E-state index in [0.717, 1.165) is 12.1 Å². The first-order valence-corrected chi connectivity index (χ1v) is 11.8. The molecule has 0 spiro atoms. The minimum atomic E-state index is -4.48. The Balaban J connectivity index is 1.66. The molecule has 0 radical (unpaired) electrons. The molecule has 3 amide bonds. The Labute approximate surface area is 213 Å². The molecular formula is C26H30F3N3O5. The van der Waals surface area contributed by atoms with Crippen molar-refractivity contribution in [3.05, 3.63) is 65.2 Å². The summed E-state index contributed by atoms with van der Waals surface area (Å²) in [7, 11) is 3.03. The molecule has 2 aromatic rings. The van der Waals surface area contributed by atoms with Gasteiger partial charge in [-0.3, -0.25) is 14.4 Å². The van der Waals surface area contributed by atoms with Gasteiger partial charge in [0.05, 0.1) is 19.3 Å². The number of amides is 3. The van der Waals surface area contributed by atoms with Crippen LogP contribution in [0.5, 0.6) is 5.75 Å². The highest BCUT2D eigenvalue weighted by Gasteiger charge is 2.35. The summed E-state index contributed by atoms with van der Waals surface area (Å²) in [5.74, 6) is -0.809. The quantitative estimate of drug-likeness (QED) is 0.495. The van der Waals surface area contributed by atoms with E-state index in [0.29, 0.717) is 43.9 Å². The molecule has 0 unspecified atom stereocenters. The molecule has 1 aliphatic heterocycles. The molecule has 0 aliphatic carbocycles. The predicted molar refractivity (Wildman–Crippen MR) is 129 cm³/mol. The summed E-state index contributed by atoms with van der Waals surface area (Å²) in [5.41, 5.74) is -0.295. The number of carbonyl (C=O) groups excluding carboxylic acids is 3. The lowest BCUT2D eigenvalue weighted by atomic mass is 9.88. The number of nitrogens with one attached hydrogen (secondary N) is 2. The Bertz CT molecular complexity index is 1070. The van der Waals surface area contributed by atoms with Crippen LogP contribution in [-0.4, -0.2) is 69.1 Å². The van der Waals surface area contributed by atoms with Gasteiger partial charge in [0.15, 0.2) is 0 Å². The third kappa shape index (κ3) is 7.45. The summed E-state index contributed by atoms with van der Waals surface area (Å²) in [6.45, 7) is 1.18. The minimum absolute atomic E-state index is 0.160. The Kier molecular flexibility index (Phi) is 9.51. The second-order valence-corrected chi connectivity index (χ2v) is 8.67. The van der Waals surface area contributed by atoms with Crippen LogP contribution in [0.3, 0.4) is 0 Å². The average Bonchev–Trinajstić information content (AvgIpc) is 2.91. The van der Waals surface area contributed by atoms with Gasteiger partial charge in [-0.05, 0) is 67.3 Å². The van der Waals surface area contributed by atoms with Crippen LogP contribution in [0.2, 0.25) is 0 Å². The number of nitrogens with zero attached hydrogens (tertiary/aromatic N) is 1. The van der Waals surface area contributed by atoms with Crippen molar-refractivity contribution in [2.75, 3.05) is 40.5 Å². The monoisotopic (exact) mass is 521 g/mol. The number of hydrogen-bond donors (Lipinski definition) is 2. The number of methoxy groups -OCH3 is 2. The zero-order valence-corrected chi connectivity index (χ0v) is 20.6. The van der Waals surface area contributed by atoms with Crippen LogP contribution in [0.4, 0.5) is 13.2 Å². The molecule has 0 saturated carbocycles. The van der Waals surface area contributed by atoms with Crippen molar-refractivity contribution in [3.63, 3.8) is 0 Å². The first-order chi connectivity index (χ1) is 17.6. The summed E-state index contributed by atoms with van der Waals surface area (Å²) in [6, 6.07) is 9.75. The van der Waals surface area contributed by atoms with Crippen molar-refractivity contribution in [2.24, 2.45) is 5.92 Å². The van der Waals surface area contributed by atoms with Crippen molar-refractivity contribution in [2.45, 2.75) is 25.1 Å². The number of halogens is 3. The molecule has 11 heteroatoms. The fourth-order valence-corrected chi connectivity index (χ4v) is 4.17. The van der Waals surface area contributed by atoms with Crippen LogP contribution in [0.25, 0.3) is 0 Å². The van der Waals surface area contributed by atoms with Crippen LogP contribution in [-0.2, 0) is 15.7 Å². The van der Waals surface area contributed by atoms with E-state index in [1.165, 1.54) is 26.4 Å². The maximum Gasteiger partial charge on any atom is 0.416 e. The molecule has 1 fully saturated rings. The van der Waals surface area contributed by atoms with Crippen molar-refractivity contribution in [1.29, 1.82) is 0 Å². The first kappa shape index (κ1) is 28.0. The molecule has 200 valence electrons. The van der Waals surface area contributed by atoms with E-state index < -0.39 is 23.7 Å².